The molecule has 0 saturated carbocycles. The van der Waals surface area contributed by atoms with Gasteiger partial charge >= 0.3 is 0 Å². The van der Waals surface area contributed by atoms with E-state index in [9.17, 15) is 5.26 Å². The number of H-pyrrole nitrogens is 1. The number of nitrogens with zero attached hydrogens (tertiary/aromatic N) is 6. The molecule has 0 aliphatic heterocycles. The molecule has 3 N–H and O–H groups in total. The maximum absolute atomic E-state index is 9.32. The predicted molar refractivity (Wildman–Crippen MR) is 118 cm³/mol. The van der Waals surface area contributed by atoms with Crippen LogP contribution >= 0.6 is 0 Å². The number of aromatic amines is 1. The lowest BCUT2D eigenvalue weighted by Crippen LogP contribution is -2.00. The van der Waals surface area contributed by atoms with E-state index < -0.39 is 0 Å². The molecule has 150 valence electrons. The fraction of sp³-hybridized carbons (Fsp3) is 0.0870. The molecule has 31 heavy (non-hydrogen) atoms. The Hall–Kier alpha value is -4.51. The molecule has 2 aromatic carbocycles. The van der Waals surface area contributed by atoms with Gasteiger partial charge in [-0.15, -0.1) is 5.10 Å². The van der Waals surface area contributed by atoms with E-state index in [1.807, 2.05) is 55.7 Å². The van der Waals surface area contributed by atoms with E-state index in [1.54, 1.807) is 10.7 Å². The van der Waals surface area contributed by atoms with Gasteiger partial charge in [0, 0.05) is 22.7 Å². The van der Waals surface area contributed by atoms with E-state index >= 15 is 0 Å². The van der Waals surface area contributed by atoms with Crippen molar-refractivity contribution in [2.24, 2.45) is 0 Å². The van der Waals surface area contributed by atoms with E-state index in [4.69, 9.17) is 5.73 Å². The average molecular weight is 406 g/mol. The number of hydrogen-bond donors (Lipinski definition) is 2. The lowest BCUT2D eigenvalue weighted by Gasteiger charge is -2.08. The molecule has 0 aliphatic rings. The second kappa shape index (κ2) is 7.39. The van der Waals surface area contributed by atoms with Crippen LogP contribution in [0.3, 0.4) is 0 Å². The highest BCUT2D eigenvalue weighted by Gasteiger charge is 2.14. The third-order valence-electron chi connectivity index (χ3n) is 5.28. The van der Waals surface area contributed by atoms with Crippen molar-refractivity contribution < 1.29 is 0 Å². The van der Waals surface area contributed by atoms with Gasteiger partial charge in [-0.3, -0.25) is 0 Å². The fourth-order valence-corrected chi connectivity index (χ4v) is 3.70. The summed E-state index contributed by atoms with van der Waals surface area (Å²) < 4.78 is 1.77. The molecule has 0 aliphatic carbocycles. The normalized spacial score (nSPS) is 11.0. The Kier molecular flexibility index (Phi) is 4.41. The molecule has 8 heteroatoms. The van der Waals surface area contributed by atoms with E-state index in [-0.39, 0.29) is 5.95 Å². The number of nitrogen functional groups attached to an aromatic ring is 1. The van der Waals surface area contributed by atoms with Crippen LogP contribution in [0.2, 0.25) is 0 Å². The standard InChI is InChI=1S/C23H18N8/c1-14-15(10-24)5-4-7-17(14)20-9-21(28-23(25)27-20)22-13-31(30-29-22)12-16-11-26-19-8-3-2-6-18(16)19/h2-9,11,13,26H,12H2,1H3,(H2,25,27,28). The molecule has 5 aromatic rings. The first kappa shape index (κ1) is 18.5. The number of hydrogen-bond acceptors (Lipinski definition) is 6. The van der Waals surface area contributed by atoms with Crippen molar-refractivity contribution >= 4 is 16.9 Å². The van der Waals surface area contributed by atoms with Crippen molar-refractivity contribution in [2.45, 2.75) is 13.5 Å². The second-order valence-electron chi connectivity index (χ2n) is 7.25. The van der Waals surface area contributed by atoms with Gasteiger partial charge in [-0.2, -0.15) is 5.26 Å². The highest BCUT2D eigenvalue weighted by molar-refractivity contribution is 5.83. The smallest absolute Gasteiger partial charge is 0.221 e. The quantitative estimate of drug-likeness (QED) is 0.469. The van der Waals surface area contributed by atoms with Crippen LogP contribution in [0.1, 0.15) is 16.7 Å². The lowest BCUT2D eigenvalue weighted by atomic mass is 10.00. The third-order valence-corrected chi connectivity index (χ3v) is 5.28. The van der Waals surface area contributed by atoms with Crippen molar-refractivity contribution in [2.75, 3.05) is 5.73 Å². The van der Waals surface area contributed by atoms with Gasteiger partial charge in [-0.05, 0) is 36.2 Å². The molecule has 0 unspecified atom stereocenters. The van der Waals surface area contributed by atoms with Crippen LogP contribution in [0.5, 0.6) is 0 Å². The Bertz CT molecular complexity index is 1450. The zero-order valence-corrected chi connectivity index (χ0v) is 16.7. The number of rotatable bonds is 4. The van der Waals surface area contributed by atoms with Gasteiger partial charge in [0.1, 0.15) is 5.69 Å². The van der Waals surface area contributed by atoms with Crippen LogP contribution in [-0.4, -0.2) is 29.9 Å². The molecule has 8 nitrogen and oxygen atoms in total. The number of aromatic nitrogens is 6. The first-order valence-corrected chi connectivity index (χ1v) is 9.72. The molecule has 0 spiro atoms. The molecule has 0 atom stereocenters. The van der Waals surface area contributed by atoms with Gasteiger partial charge in [0.25, 0.3) is 0 Å². The Labute approximate surface area is 178 Å². The van der Waals surface area contributed by atoms with Gasteiger partial charge in [0.2, 0.25) is 5.95 Å². The third kappa shape index (κ3) is 3.38. The number of nitrogens with two attached hydrogens (primary N) is 1. The molecule has 3 aromatic heterocycles. The summed E-state index contributed by atoms with van der Waals surface area (Å²) >= 11 is 0. The molecule has 0 radical (unpaired) electrons. The maximum Gasteiger partial charge on any atom is 0.221 e. The zero-order chi connectivity index (χ0) is 21.4. The first-order valence-electron chi connectivity index (χ1n) is 9.72. The van der Waals surface area contributed by atoms with Crippen molar-refractivity contribution in [3.05, 3.63) is 77.6 Å². The SMILES string of the molecule is Cc1c(C#N)cccc1-c1cc(-c2cn(Cc3c[nH]c4ccccc34)nn2)nc(N)n1. The van der Waals surface area contributed by atoms with Crippen molar-refractivity contribution in [3.63, 3.8) is 0 Å². The molecular weight excluding hydrogens is 388 g/mol. The number of benzene rings is 2. The molecular formula is C23H18N8. The van der Waals surface area contributed by atoms with Crippen molar-refractivity contribution in [1.29, 1.82) is 5.26 Å². The Balaban J connectivity index is 1.49. The Morgan fingerprint density at radius 3 is 2.77 bits per heavy atom. The highest BCUT2D eigenvalue weighted by atomic mass is 15.4. The summed E-state index contributed by atoms with van der Waals surface area (Å²) in [4.78, 5) is 12.0. The van der Waals surface area contributed by atoms with Gasteiger partial charge in [0.15, 0.2) is 0 Å². The monoisotopic (exact) mass is 406 g/mol. The van der Waals surface area contributed by atoms with E-state index in [2.05, 4.69) is 37.4 Å². The van der Waals surface area contributed by atoms with Crippen molar-refractivity contribution in [3.8, 4) is 28.7 Å². The summed E-state index contributed by atoms with van der Waals surface area (Å²) in [5.41, 5.74) is 12.3. The van der Waals surface area contributed by atoms with Crippen LogP contribution < -0.4 is 5.73 Å². The maximum atomic E-state index is 9.32. The van der Waals surface area contributed by atoms with E-state index in [0.717, 1.165) is 27.6 Å². The largest absolute Gasteiger partial charge is 0.368 e. The molecule has 0 amide bonds. The Morgan fingerprint density at radius 2 is 1.90 bits per heavy atom. The fourth-order valence-electron chi connectivity index (χ4n) is 3.70. The summed E-state index contributed by atoms with van der Waals surface area (Å²) in [6, 6.07) is 17.7. The lowest BCUT2D eigenvalue weighted by molar-refractivity contribution is 0.652. The molecule has 0 fully saturated rings. The summed E-state index contributed by atoms with van der Waals surface area (Å²) in [6.45, 7) is 2.47. The topological polar surface area (TPSA) is 122 Å². The number of anilines is 1. The summed E-state index contributed by atoms with van der Waals surface area (Å²) in [5, 5.41) is 19.0. The van der Waals surface area contributed by atoms with Gasteiger partial charge < -0.3 is 10.7 Å². The number of para-hydroxylation sites is 1. The van der Waals surface area contributed by atoms with Crippen LogP contribution in [-0.2, 0) is 6.54 Å². The van der Waals surface area contributed by atoms with Gasteiger partial charge in [-0.1, -0.05) is 35.5 Å². The van der Waals surface area contributed by atoms with Crippen molar-refractivity contribution in [1.82, 2.24) is 29.9 Å². The van der Waals surface area contributed by atoms with Gasteiger partial charge in [-0.25, -0.2) is 14.6 Å². The first-order chi connectivity index (χ1) is 15.1. The average Bonchev–Trinajstić information content (AvgIpc) is 3.41. The van der Waals surface area contributed by atoms with E-state index in [1.165, 1.54) is 0 Å². The number of fused-ring (bicyclic) bond motifs is 1. The molecule has 0 saturated heterocycles. The minimum atomic E-state index is 0.139. The highest BCUT2D eigenvalue weighted by Crippen LogP contribution is 2.27. The van der Waals surface area contributed by atoms with Crippen LogP contribution in [0.15, 0.2) is 60.9 Å². The predicted octanol–water partition coefficient (Wildman–Crippen LogP) is 3.69. The summed E-state index contributed by atoms with van der Waals surface area (Å²) in [5.74, 6) is 0.139. The number of nitriles is 1. The van der Waals surface area contributed by atoms with Crippen LogP contribution in [0.4, 0.5) is 5.95 Å². The number of nitrogens with one attached hydrogen (secondary N) is 1. The minimum absolute atomic E-state index is 0.139. The zero-order valence-electron chi connectivity index (χ0n) is 16.7. The molecule has 0 bridgehead atoms. The van der Waals surface area contributed by atoms with Gasteiger partial charge in [0.05, 0.1) is 35.8 Å². The second-order valence-corrected chi connectivity index (χ2v) is 7.25. The molecule has 3 heterocycles. The summed E-state index contributed by atoms with van der Waals surface area (Å²) in [6.07, 6.45) is 3.82. The van der Waals surface area contributed by atoms with Crippen LogP contribution in [0.25, 0.3) is 33.5 Å². The summed E-state index contributed by atoms with van der Waals surface area (Å²) in [7, 11) is 0. The van der Waals surface area contributed by atoms with E-state index in [0.29, 0.717) is 29.2 Å². The van der Waals surface area contributed by atoms with Crippen LogP contribution in [0, 0.1) is 18.3 Å². The Morgan fingerprint density at radius 1 is 1.06 bits per heavy atom. The minimum Gasteiger partial charge on any atom is -0.368 e. The molecule has 5 rings (SSSR count).